The van der Waals surface area contributed by atoms with Gasteiger partial charge in [-0.1, -0.05) is 26.6 Å². The third-order valence-electron chi connectivity index (χ3n) is 6.44. The van der Waals surface area contributed by atoms with Crippen molar-refractivity contribution in [2.24, 2.45) is 0 Å². The third kappa shape index (κ3) is 5.35. The second-order valence-electron chi connectivity index (χ2n) is 10.5. The van der Waals surface area contributed by atoms with Crippen LogP contribution in [0.5, 0.6) is 0 Å². The summed E-state index contributed by atoms with van der Waals surface area (Å²) in [7, 11) is -4.43. The van der Waals surface area contributed by atoms with Gasteiger partial charge in [-0.15, -0.1) is 0 Å². The van der Waals surface area contributed by atoms with Gasteiger partial charge in [-0.2, -0.15) is 9.40 Å². The number of sulfonamides is 1. The van der Waals surface area contributed by atoms with Crippen LogP contribution in [0.2, 0.25) is 25.7 Å². The van der Waals surface area contributed by atoms with Crippen molar-refractivity contribution in [2.45, 2.75) is 51.3 Å². The molecule has 3 aromatic rings. The SMILES string of the molecule is [C-]#[N+]CC1(n2cc(-c3ccnc4c3ccn4COCC[Si](C)(C)C)cn2)CN(S(=O)(=O)CCC)C1. The fraction of sp³-hybridized carbons (Fsp3) is 0.542. The lowest BCUT2D eigenvalue weighted by molar-refractivity contribution is 0.0833. The molecule has 1 aliphatic rings. The van der Waals surface area contributed by atoms with Crippen molar-refractivity contribution in [3.05, 3.63) is 48.3 Å². The fourth-order valence-electron chi connectivity index (χ4n) is 4.37. The Morgan fingerprint density at radius 2 is 2.03 bits per heavy atom. The van der Waals surface area contributed by atoms with Crippen molar-refractivity contribution in [3.63, 3.8) is 0 Å². The molecule has 4 rings (SSSR count). The van der Waals surface area contributed by atoms with Crippen LogP contribution in [-0.2, 0) is 27.0 Å². The molecule has 35 heavy (non-hydrogen) atoms. The molecule has 1 saturated heterocycles. The predicted octanol–water partition coefficient (Wildman–Crippen LogP) is 3.88. The van der Waals surface area contributed by atoms with Gasteiger partial charge in [0, 0.05) is 57.3 Å². The molecule has 0 saturated carbocycles. The van der Waals surface area contributed by atoms with Crippen molar-refractivity contribution in [3.8, 4) is 11.1 Å². The zero-order valence-corrected chi connectivity index (χ0v) is 22.8. The Balaban J connectivity index is 1.54. The Bertz CT molecular complexity index is 1330. The Morgan fingerprint density at radius 1 is 1.26 bits per heavy atom. The van der Waals surface area contributed by atoms with E-state index in [-0.39, 0.29) is 25.4 Å². The van der Waals surface area contributed by atoms with Gasteiger partial charge in [-0.3, -0.25) is 4.68 Å². The van der Waals surface area contributed by atoms with E-state index in [0.29, 0.717) is 13.2 Å². The van der Waals surface area contributed by atoms with E-state index in [9.17, 15) is 8.42 Å². The van der Waals surface area contributed by atoms with Crippen LogP contribution in [0.15, 0.2) is 36.9 Å². The standard InChI is InChI=1S/C24H34N6O3SSi/c1-6-12-34(31,32)29-17-24(18-29,16-25-2)30-15-20(14-27-30)21-7-9-26-23-22(21)8-10-28(23)19-33-11-13-35(3,4)5/h7-10,14-15H,6,11-13,16-19H2,1,3-5H3. The summed E-state index contributed by atoms with van der Waals surface area (Å²) >= 11 is 0. The largest absolute Gasteiger partial charge is 0.361 e. The summed E-state index contributed by atoms with van der Waals surface area (Å²) in [6.45, 7) is 18.2. The van der Waals surface area contributed by atoms with Crippen LogP contribution in [-0.4, -0.2) is 72.1 Å². The highest BCUT2D eigenvalue weighted by atomic mass is 32.2. The molecule has 0 radical (unpaired) electrons. The summed E-state index contributed by atoms with van der Waals surface area (Å²) in [5, 5.41) is 5.57. The summed E-state index contributed by atoms with van der Waals surface area (Å²) in [6.07, 6.45) is 8.05. The molecule has 9 nitrogen and oxygen atoms in total. The number of ether oxygens (including phenoxy) is 1. The highest BCUT2D eigenvalue weighted by Gasteiger charge is 2.52. The smallest absolute Gasteiger partial charge is 0.242 e. The quantitative estimate of drug-likeness (QED) is 0.220. The maximum Gasteiger partial charge on any atom is 0.242 e. The fourth-order valence-corrected chi connectivity index (χ4v) is 6.77. The van der Waals surface area contributed by atoms with Gasteiger partial charge in [-0.05, 0) is 30.2 Å². The summed E-state index contributed by atoms with van der Waals surface area (Å²) < 4.78 is 36.1. The molecule has 0 aromatic carbocycles. The van der Waals surface area contributed by atoms with Crippen molar-refractivity contribution in [1.82, 2.24) is 23.6 Å². The first kappa shape index (κ1) is 25.6. The topological polar surface area (TPSA) is 86.6 Å². The van der Waals surface area contributed by atoms with Crippen LogP contribution < -0.4 is 0 Å². The number of pyridine rings is 1. The van der Waals surface area contributed by atoms with E-state index in [4.69, 9.17) is 11.3 Å². The summed E-state index contributed by atoms with van der Waals surface area (Å²) in [4.78, 5) is 8.17. The van der Waals surface area contributed by atoms with E-state index >= 15 is 0 Å². The van der Waals surface area contributed by atoms with E-state index in [1.54, 1.807) is 17.1 Å². The number of nitrogens with zero attached hydrogens (tertiary/aromatic N) is 6. The molecule has 0 spiro atoms. The Hall–Kier alpha value is -2.52. The van der Waals surface area contributed by atoms with Crippen molar-refractivity contribution >= 4 is 29.1 Å². The van der Waals surface area contributed by atoms with Gasteiger partial charge in [0.2, 0.25) is 16.6 Å². The molecule has 0 aliphatic carbocycles. The Morgan fingerprint density at radius 3 is 2.71 bits per heavy atom. The second-order valence-corrected chi connectivity index (χ2v) is 18.2. The molecule has 0 unspecified atom stereocenters. The first-order valence-electron chi connectivity index (χ1n) is 12.0. The number of rotatable bonds is 11. The Labute approximate surface area is 208 Å². The highest BCUT2D eigenvalue weighted by molar-refractivity contribution is 7.89. The van der Waals surface area contributed by atoms with Gasteiger partial charge in [0.15, 0.2) is 5.54 Å². The lowest BCUT2D eigenvalue weighted by Gasteiger charge is -2.45. The molecule has 11 heteroatoms. The predicted molar refractivity (Wildman–Crippen MR) is 140 cm³/mol. The van der Waals surface area contributed by atoms with E-state index in [0.717, 1.165) is 34.8 Å². The van der Waals surface area contributed by atoms with E-state index < -0.39 is 23.6 Å². The monoisotopic (exact) mass is 514 g/mol. The number of hydrogen-bond acceptors (Lipinski definition) is 5. The third-order valence-corrected chi connectivity index (χ3v) is 10.1. The number of fused-ring (bicyclic) bond motifs is 1. The molecule has 188 valence electrons. The van der Waals surface area contributed by atoms with E-state index in [1.165, 1.54) is 4.31 Å². The van der Waals surface area contributed by atoms with Crippen molar-refractivity contribution in [1.29, 1.82) is 0 Å². The lowest BCUT2D eigenvalue weighted by atomic mass is 9.92. The van der Waals surface area contributed by atoms with Gasteiger partial charge in [0.25, 0.3) is 0 Å². The van der Waals surface area contributed by atoms with Gasteiger partial charge in [0.05, 0.1) is 11.9 Å². The zero-order valence-electron chi connectivity index (χ0n) is 20.9. The first-order chi connectivity index (χ1) is 16.6. The average Bonchev–Trinajstić information content (AvgIpc) is 3.40. The molecule has 1 fully saturated rings. The van der Waals surface area contributed by atoms with Crippen LogP contribution >= 0.6 is 0 Å². The minimum absolute atomic E-state index is 0.124. The second kappa shape index (κ2) is 9.85. The molecular formula is C24H34N6O3SSi. The maximum absolute atomic E-state index is 12.5. The van der Waals surface area contributed by atoms with Gasteiger partial charge >= 0.3 is 0 Å². The molecule has 0 N–H and O–H groups in total. The minimum Gasteiger partial charge on any atom is -0.361 e. The summed E-state index contributed by atoms with van der Waals surface area (Å²) in [6, 6.07) is 5.11. The normalized spacial score (nSPS) is 16.3. The molecule has 0 amide bonds. The van der Waals surface area contributed by atoms with Crippen LogP contribution in [0.3, 0.4) is 0 Å². The van der Waals surface area contributed by atoms with E-state index in [1.807, 2.05) is 36.0 Å². The lowest BCUT2D eigenvalue weighted by Crippen LogP contribution is -2.66. The molecule has 3 aromatic heterocycles. The molecule has 0 atom stereocenters. The molecular weight excluding hydrogens is 480 g/mol. The molecule has 4 heterocycles. The van der Waals surface area contributed by atoms with Gasteiger partial charge in [-0.25, -0.2) is 20.0 Å². The van der Waals surface area contributed by atoms with E-state index in [2.05, 4.69) is 34.6 Å². The van der Waals surface area contributed by atoms with Gasteiger partial charge in [0.1, 0.15) is 12.4 Å². The van der Waals surface area contributed by atoms with Crippen LogP contribution in [0, 0.1) is 6.57 Å². The summed E-state index contributed by atoms with van der Waals surface area (Å²) in [5.74, 6) is 0.124. The van der Waals surface area contributed by atoms with Crippen molar-refractivity contribution < 1.29 is 13.2 Å². The van der Waals surface area contributed by atoms with Crippen molar-refractivity contribution in [2.75, 3.05) is 32.0 Å². The van der Waals surface area contributed by atoms with Crippen LogP contribution in [0.25, 0.3) is 27.0 Å². The Kier molecular flexibility index (Phi) is 7.20. The maximum atomic E-state index is 12.5. The zero-order chi connectivity index (χ0) is 25.3. The number of hydrogen-bond donors (Lipinski definition) is 0. The van der Waals surface area contributed by atoms with Crippen LogP contribution in [0.1, 0.15) is 13.3 Å². The van der Waals surface area contributed by atoms with Crippen LogP contribution in [0.4, 0.5) is 0 Å². The van der Waals surface area contributed by atoms with Gasteiger partial charge < -0.3 is 14.1 Å². The average molecular weight is 515 g/mol. The molecule has 0 bridgehead atoms. The molecule has 1 aliphatic heterocycles. The summed E-state index contributed by atoms with van der Waals surface area (Å²) in [5.41, 5.74) is 2.12. The highest BCUT2D eigenvalue weighted by Crippen LogP contribution is 2.35. The first-order valence-corrected chi connectivity index (χ1v) is 17.3. The number of aromatic nitrogens is 4. The minimum atomic E-state index is -3.29.